The Hall–Kier alpha value is -0.260. The summed E-state index contributed by atoms with van der Waals surface area (Å²) >= 11 is 1.91. The monoisotopic (exact) mass is 230 g/mol. The molecule has 0 spiro atoms. The average molecular weight is 230 g/mol. The summed E-state index contributed by atoms with van der Waals surface area (Å²) < 4.78 is 0. The van der Waals surface area contributed by atoms with Crippen molar-refractivity contribution >= 4 is 17.7 Å². The molecule has 0 radical (unpaired) electrons. The number of hydrogen-bond acceptors (Lipinski definition) is 4. The van der Waals surface area contributed by atoms with E-state index in [-0.39, 0.29) is 12.0 Å². The fraction of sp³-hybridized carbons (Fsp3) is 0.900. The molecule has 4 nitrogen and oxygen atoms in total. The largest absolute Gasteiger partial charge is 0.391 e. The van der Waals surface area contributed by atoms with Gasteiger partial charge in [0.2, 0.25) is 5.91 Å². The van der Waals surface area contributed by atoms with Crippen LogP contribution in [-0.4, -0.2) is 59.2 Å². The maximum Gasteiger partial charge on any atom is 0.224 e. The van der Waals surface area contributed by atoms with Crippen LogP contribution in [0.5, 0.6) is 0 Å². The van der Waals surface area contributed by atoms with E-state index in [1.165, 1.54) is 0 Å². The van der Waals surface area contributed by atoms with Crippen molar-refractivity contribution in [1.82, 2.24) is 10.2 Å². The average Bonchev–Trinajstić information content (AvgIpc) is 2.66. The number of carbonyl (C=O) groups is 1. The van der Waals surface area contributed by atoms with E-state index in [0.29, 0.717) is 19.0 Å². The molecule has 2 aliphatic rings. The predicted octanol–water partition coefficient (Wildman–Crippen LogP) is -0.325. The molecule has 2 atom stereocenters. The Morgan fingerprint density at radius 1 is 1.60 bits per heavy atom. The summed E-state index contributed by atoms with van der Waals surface area (Å²) in [5.74, 6) is 2.36. The topological polar surface area (TPSA) is 52.6 Å². The van der Waals surface area contributed by atoms with Crippen LogP contribution in [0.2, 0.25) is 0 Å². The van der Waals surface area contributed by atoms with E-state index in [0.717, 1.165) is 31.0 Å². The van der Waals surface area contributed by atoms with Gasteiger partial charge in [0.05, 0.1) is 6.10 Å². The van der Waals surface area contributed by atoms with Crippen molar-refractivity contribution in [2.45, 2.75) is 25.0 Å². The second-order valence-electron chi connectivity index (χ2n) is 4.21. The number of nitrogens with zero attached hydrogens (tertiary/aromatic N) is 1. The van der Waals surface area contributed by atoms with E-state index in [9.17, 15) is 9.90 Å². The molecule has 0 saturated carbocycles. The Morgan fingerprint density at radius 2 is 2.47 bits per heavy atom. The maximum absolute atomic E-state index is 11.8. The summed E-state index contributed by atoms with van der Waals surface area (Å²) in [4.78, 5) is 13.6. The molecule has 5 heteroatoms. The van der Waals surface area contributed by atoms with Crippen LogP contribution < -0.4 is 5.32 Å². The van der Waals surface area contributed by atoms with Crippen molar-refractivity contribution in [1.29, 1.82) is 0 Å². The lowest BCUT2D eigenvalue weighted by Gasteiger charge is -2.25. The predicted molar refractivity (Wildman–Crippen MR) is 60.9 cm³/mol. The van der Waals surface area contributed by atoms with Crippen molar-refractivity contribution in [2.75, 3.05) is 31.1 Å². The molecule has 0 aromatic carbocycles. The zero-order chi connectivity index (χ0) is 10.7. The molecule has 2 N–H and O–H groups in total. The minimum Gasteiger partial charge on any atom is -0.391 e. The lowest BCUT2D eigenvalue weighted by Crippen LogP contribution is -2.42. The number of rotatable bonds is 2. The summed E-state index contributed by atoms with van der Waals surface area (Å²) in [5, 5.41) is 12.7. The molecule has 0 aromatic rings. The fourth-order valence-electron chi connectivity index (χ4n) is 2.06. The van der Waals surface area contributed by atoms with Gasteiger partial charge in [-0.3, -0.25) is 4.79 Å². The SMILES string of the molecule is O=C(CC1CSCCN1)N1CCC(O)C1. The Kier molecular flexibility index (Phi) is 3.88. The third-order valence-corrected chi connectivity index (χ3v) is 4.07. The van der Waals surface area contributed by atoms with Crippen LogP contribution in [0.1, 0.15) is 12.8 Å². The molecular weight excluding hydrogens is 212 g/mol. The van der Waals surface area contributed by atoms with Gasteiger partial charge >= 0.3 is 0 Å². The van der Waals surface area contributed by atoms with Gasteiger partial charge in [-0.1, -0.05) is 0 Å². The highest BCUT2D eigenvalue weighted by molar-refractivity contribution is 7.99. The van der Waals surface area contributed by atoms with E-state index in [1.807, 2.05) is 11.8 Å². The number of carbonyl (C=O) groups excluding carboxylic acids is 1. The lowest BCUT2D eigenvalue weighted by molar-refractivity contribution is -0.130. The van der Waals surface area contributed by atoms with Crippen LogP contribution in [0.3, 0.4) is 0 Å². The molecule has 2 saturated heterocycles. The molecule has 2 aliphatic heterocycles. The highest BCUT2D eigenvalue weighted by Crippen LogP contribution is 2.14. The van der Waals surface area contributed by atoms with Gasteiger partial charge in [-0.05, 0) is 6.42 Å². The minimum absolute atomic E-state index is 0.187. The van der Waals surface area contributed by atoms with Crippen LogP contribution in [0.15, 0.2) is 0 Å². The Morgan fingerprint density at radius 3 is 3.07 bits per heavy atom. The minimum atomic E-state index is -0.303. The Balaban J connectivity index is 1.76. The first-order chi connectivity index (χ1) is 7.25. The van der Waals surface area contributed by atoms with Crippen molar-refractivity contribution in [3.8, 4) is 0 Å². The van der Waals surface area contributed by atoms with Gasteiger partial charge < -0.3 is 15.3 Å². The molecule has 1 amide bonds. The number of aliphatic hydroxyl groups excluding tert-OH is 1. The number of amides is 1. The van der Waals surface area contributed by atoms with E-state index in [4.69, 9.17) is 0 Å². The first-order valence-electron chi connectivity index (χ1n) is 5.52. The second kappa shape index (κ2) is 5.18. The summed E-state index contributed by atoms with van der Waals surface area (Å²) in [6.45, 7) is 2.25. The molecular formula is C10H18N2O2S. The number of likely N-dealkylation sites (tertiary alicyclic amines) is 1. The zero-order valence-corrected chi connectivity index (χ0v) is 9.63. The lowest BCUT2D eigenvalue weighted by atomic mass is 10.2. The number of nitrogens with one attached hydrogen (secondary N) is 1. The smallest absolute Gasteiger partial charge is 0.224 e. The highest BCUT2D eigenvalue weighted by Gasteiger charge is 2.26. The quantitative estimate of drug-likeness (QED) is 0.682. The van der Waals surface area contributed by atoms with Crippen molar-refractivity contribution < 1.29 is 9.90 Å². The molecule has 2 unspecified atom stereocenters. The molecule has 2 fully saturated rings. The summed E-state index contributed by atoms with van der Waals surface area (Å²) in [5.41, 5.74) is 0. The standard InChI is InChI=1S/C10H18N2O2S/c13-9-1-3-12(6-9)10(14)5-8-7-15-4-2-11-8/h8-9,11,13H,1-7H2. The first-order valence-corrected chi connectivity index (χ1v) is 6.68. The molecule has 2 heterocycles. The van der Waals surface area contributed by atoms with E-state index >= 15 is 0 Å². The summed E-state index contributed by atoms with van der Waals surface area (Å²) in [6, 6.07) is 0.328. The third kappa shape index (κ3) is 3.09. The molecule has 2 rings (SSSR count). The van der Waals surface area contributed by atoms with Crippen LogP contribution in [0.4, 0.5) is 0 Å². The zero-order valence-electron chi connectivity index (χ0n) is 8.82. The maximum atomic E-state index is 11.8. The normalized spacial score (nSPS) is 31.9. The van der Waals surface area contributed by atoms with Crippen molar-refractivity contribution in [3.05, 3.63) is 0 Å². The van der Waals surface area contributed by atoms with Crippen molar-refractivity contribution in [2.24, 2.45) is 0 Å². The number of β-amino-alcohol motifs (C(OH)–C–C–N with tert-alkyl or cyclic N) is 1. The molecule has 86 valence electrons. The van der Waals surface area contributed by atoms with Gasteiger partial charge in [-0.25, -0.2) is 0 Å². The van der Waals surface area contributed by atoms with Crippen LogP contribution in [0, 0.1) is 0 Å². The van der Waals surface area contributed by atoms with Crippen molar-refractivity contribution in [3.63, 3.8) is 0 Å². The number of hydrogen-bond donors (Lipinski definition) is 2. The van der Waals surface area contributed by atoms with Gasteiger partial charge in [0.15, 0.2) is 0 Å². The Labute approximate surface area is 94.4 Å². The van der Waals surface area contributed by atoms with E-state index in [1.54, 1.807) is 4.90 Å². The molecule has 15 heavy (non-hydrogen) atoms. The van der Waals surface area contributed by atoms with Gasteiger partial charge in [0.1, 0.15) is 0 Å². The van der Waals surface area contributed by atoms with Crippen LogP contribution in [-0.2, 0) is 4.79 Å². The molecule has 0 bridgehead atoms. The highest BCUT2D eigenvalue weighted by atomic mass is 32.2. The van der Waals surface area contributed by atoms with Gasteiger partial charge in [0, 0.05) is 43.6 Å². The van der Waals surface area contributed by atoms with Gasteiger partial charge in [-0.15, -0.1) is 0 Å². The second-order valence-corrected chi connectivity index (χ2v) is 5.36. The van der Waals surface area contributed by atoms with Gasteiger partial charge in [-0.2, -0.15) is 11.8 Å². The molecule has 0 aromatic heterocycles. The van der Waals surface area contributed by atoms with Crippen LogP contribution in [0.25, 0.3) is 0 Å². The Bertz CT molecular complexity index is 231. The van der Waals surface area contributed by atoms with Crippen LogP contribution >= 0.6 is 11.8 Å². The van der Waals surface area contributed by atoms with E-state index in [2.05, 4.69) is 5.32 Å². The molecule has 0 aliphatic carbocycles. The van der Waals surface area contributed by atoms with E-state index < -0.39 is 0 Å². The summed E-state index contributed by atoms with van der Waals surface area (Å²) in [7, 11) is 0. The first kappa shape index (κ1) is 11.2. The third-order valence-electron chi connectivity index (χ3n) is 2.94. The number of thioether (sulfide) groups is 1. The van der Waals surface area contributed by atoms with Gasteiger partial charge in [0.25, 0.3) is 0 Å². The number of aliphatic hydroxyl groups is 1. The fourth-order valence-corrected chi connectivity index (χ4v) is 3.01. The summed E-state index contributed by atoms with van der Waals surface area (Å²) in [6.07, 6.45) is 1.01.